The highest BCUT2D eigenvalue weighted by atomic mass is 32.2. The molecule has 6 nitrogen and oxygen atoms in total. The summed E-state index contributed by atoms with van der Waals surface area (Å²) < 4.78 is 110. The van der Waals surface area contributed by atoms with Crippen LogP contribution in [0.2, 0.25) is 0 Å². The minimum absolute atomic E-state index is 0.0503. The second kappa shape index (κ2) is 10.7. The lowest BCUT2D eigenvalue weighted by Gasteiger charge is -2.23. The second-order valence-electron chi connectivity index (χ2n) is 7.61. The standard InChI is InChI=1S/C24H20F6N2O4S/c1-2-32(37(34,35)21-6-4-3-5-7-21)19-8-10-20(11-9-19)36-15-22(33)31-18-13-16(23(25,26)27)12-17(14-18)24(28,29)30/h3-14H,2,15H2,1H3,(H,31,33). The Bertz CT molecular complexity index is 1310. The maximum absolute atomic E-state index is 13.0. The minimum atomic E-state index is -5.06. The number of anilines is 2. The number of ether oxygens (including phenoxy) is 1. The number of nitrogens with zero attached hydrogens (tertiary/aromatic N) is 1. The van der Waals surface area contributed by atoms with Crippen LogP contribution in [0.15, 0.2) is 77.7 Å². The van der Waals surface area contributed by atoms with E-state index in [1.165, 1.54) is 36.4 Å². The van der Waals surface area contributed by atoms with Gasteiger partial charge < -0.3 is 10.1 Å². The molecular formula is C24H20F6N2O4S. The number of rotatable bonds is 8. The van der Waals surface area contributed by atoms with Crippen molar-refractivity contribution >= 4 is 27.3 Å². The second-order valence-corrected chi connectivity index (χ2v) is 9.47. The monoisotopic (exact) mass is 546 g/mol. The highest BCUT2D eigenvalue weighted by Crippen LogP contribution is 2.37. The molecule has 0 spiro atoms. The van der Waals surface area contributed by atoms with Gasteiger partial charge in [-0.2, -0.15) is 26.3 Å². The van der Waals surface area contributed by atoms with Gasteiger partial charge in [0.1, 0.15) is 5.75 Å². The van der Waals surface area contributed by atoms with Crippen molar-refractivity contribution in [1.82, 2.24) is 0 Å². The van der Waals surface area contributed by atoms with Gasteiger partial charge in [-0.15, -0.1) is 0 Å². The summed E-state index contributed by atoms with van der Waals surface area (Å²) in [6.45, 7) is 1.04. The quantitative estimate of drug-likeness (QED) is 0.354. The van der Waals surface area contributed by atoms with Crippen LogP contribution < -0.4 is 14.4 Å². The van der Waals surface area contributed by atoms with Crippen molar-refractivity contribution in [1.29, 1.82) is 0 Å². The van der Waals surface area contributed by atoms with Crippen LogP contribution in [0.25, 0.3) is 0 Å². The summed E-state index contributed by atoms with van der Waals surface area (Å²) in [5.74, 6) is -0.884. The Morgan fingerprint density at radius 1 is 0.865 bits per heavy atom. The van der Waals surface area contributed by atoms with Crippen LogP contribution in [-0.2, 0) is 27.2 Å². The van der Waals surface area contributed by atoms with E-state index >= 15 is 0 Å². The summed E-state index contributed by atoms with van der Waals surface area (Å²) >= 11 is 0. The van der Waals surface area contributed by atoms with Crippen molar-refractivity contribution in [3.05, 3.63) is 83.9 Å². The molecule has 3 aromatic rings. The predicted octanol–water partition coefficient (Wildman–Crippen LogP) is 5.96. The van der Waals surface area contributed by atoms with Gasteiger partial charge >= 0.3 is 12.4 Å². The fraction of sp³-hybridized carbons (Fsp3) is 0.208. The number of halogens is 6. The number of carbonyl (C=O) groups is 1. The molecule has 0 saturated heterocycles. The molecule has 0 unspecified atom stereocenters. The molecule has 1 amide bonds. The zero-order chi connectivity index (χ0) is 27.4. The maximum atomic E-state index is 13.0. The SMILES string of the molecule is CCN(c1ccc(OCC(=O)Nc2cc(C(F)(F)F)cc(C(F)(F)F)c2)cc1)S(=O)(=O)c1ccccc1. The molecule has 0 atom stereocenters. The van der Waals surface area contributed by atoms with Crippen molar-refractivity contribution in [3.8, 4) is 5.75 Å². The summed E-state index contributed by atoms with van der Waals surface area (Å²) in [6.07, 6.45) is -10.1. The first-order chi connectivity index (χ1) is 17.2. The summed E-state index contributed by atoms with van der Waals surface area (Å²) in [6, 6.07) is 14.1. The minimum Gasteiger partial charge on any atom is -0.484 e. The molecule has 3 rings (SSSR count). The third-order valence-corrected chi connectivity index (χ3v) is 6.90. The van der Waals surface area contributed by atoms with Crippen molar-refractivity contribution in [3.63, 3.8) is 0 Å². The summed E-state index contributed by atoms with van der Waals surface area (Å²) in [5.41, 5.74) is -3.53. The summed E-state index contributed by atoms with van der Waals surface area (Å²) in [5, 5.41) is 1.96. The molecule has 0 fully saturated rings. The third-order valence-electron chi connectivity index (χ3n) is 4.98. The van der Waals surface area contributed by atoms with Crippen molar-refractivity contribution < 1.29 is 44.3 Å². The largest absolute Gasteiger partial charge is 0.484 e. The number of benzene rings is 3. The first-order valence-corrected chi connectivity index (χ1v) is 12.1. The van der Waals surface area contributed by atoms with Crippen LogP contribution in [0.1, 0.15) is 18.1 Å². The fourth-order valence-corrected chi connectivity index (χ4v) is 4.79. The first kappa shape index (κ1) is 27.8. The van der Waals surface area contributed by atoms with Gasteiger partial charge in [0.25, 0.3) is 15.9 Å². The topological polar surface area (TPSA) is 75.7 Å². The highest BCUT2D eigenvalue weighted by Gasteiger charge is 2.37. The maximum Gasteiger partial charge on any atom is 0.416 e. The highest BCUT2D eigenvalue weighted by molar-refractivity contribution is 7.92. The molecule has 0 heterocycles. The molecule has 0 aliphatic heterocycles. The van der Waals surface area contributed by atoms with E-state index < -0.39 is 51.7 Å². The smallest absolute Gasteiger partial charge is 0.416 e. The van der Waals surface area contributed by atoms with Crippen LogP contribution >= 0.6 is 0 Å². The Morgan fingerprint density at radius 3 is 1.89 bits per heavy atom. The van der Waals surface area contributed by atoms with E-state index in [2.05, 4.69) is 0 Å². The third kappa shape index (κ3) is 6.94. The molecule has 0 aliphatic carbocycles. The van der Waals surface area contributed by atoms with Crippen molar-refractivity contribution in [2.24, 2.45) is 0 Å². The number of carbonyl (C=O) groups excluding carboxylic acids is 1. The molecule has 0 aliphatic rings. The van der Waals surface area contributed by atoms with E-state index in [-0.39, 0.29) is 23.3 Å². The molecule has 0 bridgehead atoms. The number of hydrogen-bond acceptors (Lipinski definition) is 4. The molecule has 37 heavy (non-hydrogen) atoms. The zero-order valence-electron chi connectivity index (χ0n) is 19.1. The number of alkyl halides is 6. The van der Waals surface area contributed by atoms with E-state index in [4.69, 9.17) is 4.74 Å². The van der Waals surface area contributed by atoms with E-state index in [9.17, 15) is 39.6 Å². The molecule has 198 valence electrons. The van der Waals surface area contributed by atoms with E-state index in [1.807, 2.05) is 5.32 Å². The molecule has 0 saturated carbocycles. The van der Waals surface area contributed by atoms with Gasteiger partial charge in [-0.3, -0.25) is 9.10 Å². The average Bonchev–Trinajstić information content (AvgIpc) is 2.83. The van der Waals surface area contributed by atoms with Gasteiger partial charge in [0.2, 0.25) is 0 Å². The molecule has 0 aromatic heterocycles. The average molecular weight is 546 g/mol. The lowest BCUT2D eigenvalue weighted by Crippen LogP contribution is -2.30. The van der Waals surface area contributed by atoms with Gasteiger partial charge in [-0.1, -0.05) is 18.2 Å². The van der Waals surface area contributed by atoms with Gasteiger partial charge in [0.15, 0.2) is 6.61 Å². The lowest BCUT2D eigenvalue weighted by molar-refractivity contribution is -0.143. The Hall–Kier alpha value is -3.74. The van der Waals surface area contributed by atoms with Crippen molar-refractivity contribution in [2.45, 2.75) is 24.2 Å². The number of hydrogen-bond donors (Lipinski definition) is 1. The Morgan fingerprint density at radius 2 is 1.41 bits per heavy atom. The van der Waals surface area contributed by atoms with Gasteiger partial charge in [-0.25, -0.2) is 8.42 Å². The zero-order valence-corrected chi connectivity index (χ0v) is 19.9. The predicted molar refractivity (Wildman–Crippen MR) is 124 cm³/mol. The van der Waals surface area contributed by atoms with E-state index in [0.29, 0.717) is 17.8 Å². The molecule has 3 aromatic carbocycles. The van der Waals surface area contributed by atoms with Gasteiger partial charge in [0.05, 0.1) is 21.7 Å². The molecule has 1 N–H and O–H groups in total. The van der Waals surface area contributed by atoms with Crippen LogP contribution in [-0.4, -0.2) is 27.5 Å². The van der Waals surface area contributed by atoms with Gasteiger partial charge in [0, 0.05) is 12.2 Å². The Balaban J connectivity index is 1.69. The summed E-state index contributed by atoms with van der Waals surface area (Å²) in [7, 11) is -3.84. The first-order valence-electron chi connectivity index (χ1n) is 10.6. The Labute approximate surface area is 208 Å². The van der Waals surface area contributed by atoms with Gasteiger partial charge in [-0.05, 0) is 61.5 Å². The molecular weight excluding hydrogens is 526 g/mol. The number of sulfonamides is 1. The normalized spacial score (nSPS) is 12.2. The van der Waals surface area contributed by atoms with Crippen LogP contribution in [0.3, 0.4) is 0 Å². The summed E-state index contributed by atoms with van der Waals surface area (Å²) in [4.78, 5) is 12.2. The fourth-order valence-electron chi connectivity index (χ4n) is 3.29. The van der Waals surface area contributed by atoms with Crippen LogP contribution in [0.4, 0.5) is 37.7 Å². The van der Waals surface area contributed by atoms with Crippen LogP contribution in [0, 0.1) is 0 Å². The van der Waals surface area contributed by atoms with E-state index in [1.54, 1.807) is 25.1 Å². The van der Waals surface area contributed by atoms with Crippen molar-refractivity contribution in [2.75, 3.05) is 22.8 Å². The lowest BCUT2D eigenvalue weighted by atomic mass is 10.1. The number of amides is 1. The van der Waals surface area contributed by atoms with Crippen LogP contribution in [0.5, 0.6) is 5.75 Å². The Kier molecular flexibility index (Phi) is 8.06. The number of nitrogens with one attached hydrogen (secondary N) is 1. The molecule has 13 heteroatoms. The van der Waals surface area contributed by atoms with E-state index in [0.717, 1.165) is 4.31 Å². The molecule has 0 radical (unpaired) electrons.